The largest absolute Gasteiger partial charge is 0.458 e. The molecule has 5 nitrogen and oxygen atoms in total. The molecule has 4 atom stereocenters. The van der Waals surface area contributed by atoms with Crippen molar-refractivity contribution in [3.8, 4) is 0 Å². The molecule has 0 heterocycles. The first-order valence-electron chi connectivity index (χ1n) is 10.6. The second-order valence-corrected chi connectivity index (χ2v) is 8.26. The Morgan fingerprint density at radius 1 is 0.935 bits per heavy atom. The number of carbonyl (C=O) groups excluding carboxylic acids is 3. The van der Waals surface area contributed by atoms with Crippen molar-refractivity contribution in [2.75, 3.05) is 13.7 Å². The number of imide groups is 1. The average Bonchev–Trinajstić information content (AvgIpc) is 2.80. The van der Waals surface area contributed by atoms with Crippen LogP contribution in [0.4, 0.5) is 0 Å². The van der Waals surface area contributed by atoms with Crippen LogP contribution in [0.5, 0.6) is 0 Å². The van der Waals surface area contributed by atoms with Gasteiger partial charge in [-0.05, 0) is 53.1 Å². The molecule has 2 aromatic rings. The lowest BCUT2D eigenvalue weighted by molar-refractivity contribution is -0.134. The lowest BCUT2D eigenvalue weighted by Crippen LogP contribution is -2.44. The summed E-state index contributed by atoms with van der Waals surface area (Å²) >= 11 is 0. The summed E-state index contributed by atoms with van der Waals surface area (Å²) in [6.07, 6.45) is 1.49. The van der Waals surface area contributed by atoms with Gasteiger partial charge in [-0.25, -0.2) is 4.79 Å². The van der Waals surface area contributed by atoms with Crippen molar-refractivity contribution in [1.29, 1.82) is 0 Å². The summed E-state index contributed by atoms with van der Waals surface area (Å²) in [6, 6.07) is 14.4. The van der Waals surface area contributed by atoms with Crippen LogP contribution in [0.3, 0.4) is 0 Å². The molecule has 0 N–H and O–H groups in total. The monoisotopic (exact) mass is 419 g/mol. The molecule has 0 aromatic heterocycles. The second kappa shape index (κ2) is 9.29. The maximum absolute atomic E-state index is 13.4. The number of hydrogen-bond donors (Lipinski definition) is 0. The van der Waals surface area contributed by atoms with Crippen molar-refractivity contribution >= 4 is 17.8 Å². The SMILES string of the molecule is C=CCOC(=O)c1ccc(C(=O)N(C)C(=O)C2C(C)c3ccccc3C(C)C2C)cc1. The van der Waals surface area contributed by atoms with E-state index in [1.165, 1.54) is 41.3 Å². The van der Waals surface area contributed by atoms with E-state index >= 15 is 0 Å². The zero-order valence-corrected chi connectivity index (χ0v) is 18.5. The number of amides is 2. The molecule has 0 fully saturated rings. The van der Waals surface area contributed by atoms with E-state index in [4.69, 9.17) is 4.74 Å². The predicted molar refractivity (Wildman–Crippen MR) is 120 cm³/mol. The van der Waals surface area contributed by atoms with Crippen LogP contribution in [0.25, 0.3) is 0 Å². The molecule has 31 heavy (non-hydrogen) atoms. The smallest absolute Gasteiger partial charge is 0.338 e. The second-order valence-electron chi connectivity index (χ2n) is 8.26. The fraction of sp³-hybridized carbons (Fsp3) is 0.346. The number of carbonyl (C=O) groups is 3. The summed E-state index contributed by atoms with van der Waals surface area (Å²) in [5.74, 6) is -0.983. The zero-order valence-electron chi connectivity index (χ0n) is 18.5. The van der Waals surface area contributed by atoms with E-state index in [1.807, 2.05) is 12.1 Å². The van der Waals surface area contributed by atoms with E-state index in [9.17, 15) is 14.4 Å². The highest BCUT2D eigenvalue weighted by Gasteiger charge is 2.42. The molecule has 5 heteroatoms. The molecule has 1 aliphatic carbocycles. The first kappa shape index (κ1) is 22.5. The summed E-state index contributed by atoms with van der Waals surface area (Å²) in [6.45, 7) is 9.91. The van der Waals surface area contributed by atoms with Gasteiger partial charge in [0.1, 0.15) is 6.61 Å². The fourth-order valence-corrected chi connectivity index (χ4v) is 4.51. The van der Waals surface area contributed by atoms with Crippen molar-refractivity contribution in [2.45, 2.75) is 32.6 Å². The minimum absolute atomic E-state index is 0.0205. The Hall–Kier alpha value is -3.21. The van der Waals surface area contributed by atoms with Gasteiger partial charge in [-0.1, -0.05) is 57.7 Å². The molecule has 0 aliphatic heterocycles. The van der Waals surface area contributed by atoms with Gasteiger partial charge >= 0.3 is 5.97 Å². The number of fused-ring (bicyclic) bond motifs is 1. The molecule has 0 spiro atoms. The van der Waals surface area contributed by atoms with Crippen LogP contribution < -0.4 is 0 Å². The van der Waals surface area contributed by atoms with Gasteiger partial charge in [0.05, 0.1) is 5.56 Å². The molecule has 0 saturated heterocycles. The van der Waals surface area contributed by atoms with Crippen LogP contribution in [-0.4, -0.2) is 36.3 Å². The van der Waals surface area contributed by atoms with Crippen LogP contribution in [0.2, 0.25) is 0 Å². The molecule has 3 rings (SSSR count). The molecule has 0 bridgehead atoms. The number of hydrogen-bond acceptors (Lipinski definition) is 4. The minimum Gasteiger partial charge on any atom is -0.458 e. The summed E-state index contributed by atoms with van der Waals surface area (Å²) in [5.41, 5.74) is 3.14. The Kier molecular flexibility index (Phi) is 6.74. The maximum atomic E-state index is 13.4. The summed E-state index contributed by atoms with van der Waals surface area (Å²) in [4.78, 5) is 39.5. The molecule has 1 aliphatic rings. The molecule has 162 valence electrons. The van der Waals surface area contributed by atoms with Crippen LogP contribution in [0, 0.1) is 11.8 Å². The van der Waals surface area contributed by atoms with E-state index in [0.29, 0.717) is 11.1 Å². The molecule has 2 amide bonds. The number of nitrogens with zero attached hydrogens (tertiary/aromatic N) is 1. The Labute approximate surface area is 183 Å². The van der Waals surface area contributed by atoms with Crippen LogP contribution >= 0.6 is 0 Å². The van der Waals surface area contributed by atoms with Gasteiger partial charge in [0, 0.05) is 18.5 Å². The molecule has 0 radical (unpaired) electrons. The summed E-state index contributed by atoms with van der Waals surface area (Å²) in [7, 11) is 1.53. The van der Waals surface area contributed by atoms with Crippen LogP contribution in [-0.2, 0) is 9.53 Å². The average molecular weight is 420 g/mol. The van der Waals surface area contributed by atoms with Crippen molar-refractivity contribution < 1.29 is 19.1 Å². The lowest BCUT2D eigenvalue weighted by atomic mass is 9.65. The highest BCUT2D eigenvalue weighted by molar-refractivity contribution is 6.05. The third-order valence-electron chi connectivity index (χ3n) is 6.49. The Morgan fingerprint density at radius 3 is 2.06 bits per heavy atom. The highest BCUT2D eigenvalue weighted by atomic mass is 16.5. The molecule has 4 unspecified atom stereocenters. The Bertz CT molecular complexity index is 995. The maximum Gasteiger partial charge on any atom is 0.338 e. The zero-order chi connectivity index (χ0) is 22.7. The Morgan fingerprint density at radius 2 is 1.48 bits per heavy atom. The predicted octanol–water partition coefficient (Wildman–Crippen LogP) is 4.80. The third kappa shape index (κ3) is 4.31. The van der Waals surface area contributed by atoms with Gasteiger partial charge in [0.15, 0.2) is 0 Å². The summed E-state index contributed by atoms with van der Waals surface area (Å²) < 4.78 is 5.00. The van der Waals surface area contributed by atoms with Gasteiger partial charge in [-0.15, -0.1) is 0 Å². The van der Waals surface area contributed by atoms with E-state index < -0.39 is 5.97 Å². The van der Waals surface area contributed by atoms with E-state index in [2.05, 4.69) is 39.5 Å². The van der Waals surface area contributed by atoms with Gasteiger partial charge < -0.3 is 4.74 Å². The molecule has 2 aromatic carbocycles. The number of ether oxygens (including phenoxy) is 1. The number of benzene rings is 2. The normalized spacial score (nSPS) is 22.2. The van der Waals surface area contributed by atoms with E-state index in [0.717, 1.165) is 0 Å². The van der Waals surface area contributed by atoms with E-state index in [1.54, 1.807) is 12.1 Å². The molecular weight excluding hydrogens is 390 g/mol. The van der Waals surface area contributed by atoms with Gasteiger partial charge in [0.25, 0.3) is 5.91 Å². The standard InChI is InChI=1S/C26H29NO4/c1-6-15-31-26(30)20-13-11-19(12-14-20)24(28)27(5)25(29)23-17(3)16(2)21-9-7-8-10-22(21)18(23)4/h6-14,16-18,23H,1,15H2,2-5H3. The van der Waals surface area contributed by atoms with Crippen molar-refractivity contribution in [3.63, 3.8) is 0 Å². The lowest BCUT2D eigenvalue weighted by Gasteiger charge is -2.40. The van der Waals surface area contributed by atoms with Crippen LogP contribution in [0.15, 0.2) is 61.2 Å². The van der Waals surface area contributed by atoms with Crippen molar-refractivity contribution in [1.82, 2.24) is 4.90 Å². The van der Waals surface area contributed by atoms with Crippen molar-refractivity contribution in [3.05, 3.63) is 83.4 Å². The highest BCUT2D eigenvalue weighted by Crippen LogP contribution is 2.46. The first-order chi connectivity index (χ1) is 14.8. The number of esters is 1. The molecular formula is C26H29NO4. The van der Waals surface area contributed by atoms with Gasteiger partial charge in [-0.2, -0.15) is 0 Å². The fourth-order valence-electron chi connectivity index (χ4n) is 4.51. The Balaban J connectivity index is 1.78. The third-order valence-corrected chi connectivity index (χ3v) is 6.49. The van der Waals surface area contributed by atoms with Crippen molar-refractivity contribution in [2.24, 2.45) is 11.8 Å². The summed E-state index contributed by atoms with van der Waals surface area (Å²) in [5, 5.41) is 0. The topological polar surface area (TPSA) is 63.7 Å². The quantitative estimate of drug-likeness (QED) is 0.397. The number of rotatable bonds is 5. The van der Waals surface area contributed by atoms with E-state index in [-0.39, 0.29) is 42.1 Å². The molecule has 0 saturated carbocycles. The van der Waals surface area contributed by atoms with Gasteiger partial charge in [-0.3, -0.25) is 14.5 Å². The van der Waals surface area contributed by atoms with Crippen LogP contribution in [0.1, 0.15) is 64.4 Å². The minimum atomic E-state index is -0.485. The first-order valence-corrected chi connectivity index (χ1v) is 10.6. The van der Waals surface area contributed by atoms with Gasteiger partial charge in [0.2, 0.25) is 5.91 Å².